The zero-order chi connectivity index (χ0) is 18.3. The Kier molecular flexibility index (Phi) is 6.34. The van der Waals surface area contributed by atoms with E-state index < -0.39 is 17.6 Å². The highest BCUT2D eigenvalue weighted by Gasteiger charge is 2.26. The predicted molar refractivity (Wildman–Crippen MR) is 98.0 cm³/mol. The van der Waals surface area contributed by atoms with Gasteiger partial charge in [0.15, 0.2) is 0 Å². The molecule has 0 aliphatic heterocycles. The van der Waals surface area contributed by atoms with Gasteiger partial charge < -0.3 is 10.1 Å². The Bertz CT molecular complexity index is 690. The summed E-state index contributed by atoms with van der Waals surface area (Å²) in [4.78, 5) is 24.6. The topological polar surface area (TPSA) is 55.4 Å². The predicted octanol–water partition coefficient (Wildman–Crippen LogP) is 4.66. The highest BCUT2D eigenvalue weighted by Crippen LogP contribution is 2.24. The lowest BCUT2D eigenvalue weighted by Gasteiger charge is -2.23. The minimum Gasteiger partial charge on any atom is -0.445 e. The minimum absolute atomic E-state index is 0.0877. The summed E-state index contributed by atoms with van der Waals surface area (Å²) in [7, 11) is 0. The van der Waals surface area contributed by atoms with E-state index in [2.05, 4.69) is 5.32 Å². The molecule has 1 N–H and O–H groups in total. The Morgan fingerprint density at radius 2 is 1.52 bits per heavy atom. The Balaban J connectivity index is 2.02. The summed E-state index contributed by atoms with van der Waals surface area (Å²) in [5, 5.41) is 2.82. The lowest BCUT2D eigenvalue weighted by atomic mass is 9.85. The molecule has 0 aromatic heterocycles. The molecule has 0 unspecified atom stereocenters. The van der Waals surface area contributed by atoms with Gasteiger partial charge in [-0.3, -0.25) is 4.79 Å². The molecule has 2 aromatic carbocycles. The van der Waals surface area contributed by atoms with Gasteiger partial charge in [-0.05, 0) is 11.1 Å². The van der Waals surface area contributed by atoms with Gasteiger partial charge in [0, 0.05) is 11.8 Å². The summed E-state index contributed by atoms with van der Waals surface area (Å²) in [6, 6.07) is 18.6. The number of hydrogen-bond donors (Lipinski definition) is 1. The fourth-order valence-corrected chi connectivity index (χ4v) is 2.34. The third kappa shape index (κ3) is 6.07. The number of carbonyl (C=O) groups excluding carboxylic acids is 2. The molecule has 0 aliphatic carbocycles. The van der Waals surface area contributed by atoms with Crippen molar-refractivity contribution < 1.29 is 14.3 Å². The van der Waals surface area contributed by atoms with Gasteiger partial charge in [0.2, 0.25) is 0 Å². The lowest BCUT2D eigenvalue weighted by Crippen LogP contribution is -2.33. The van der Waals surface area contributed by atoms with Crippen LogP contribution < -0.4 is 5.32 Å². The van der Waals surface area contributed by atoms with Crippen LogP contribution in [0.2, 0.25) is 0 Å². The number of Topliss-reactive ketones (excluding diaryl/α,β-unsaturated/α-hetero) is 1. The maximum atomic E-state index is 12.4. The van der Waals surface area contributed by atoms with Crippen LogP contribution in [0.25, 0.3) is 0 Å². The molecule has 0 heterocycles. The second-order valence-electron chi connectivity index (χ2n) is 7.05. The monoisotopic (exact) mass is 339 g/mol. The molecule has 0 fully saturated rings. The number of rotatable bonds is 6. The zero-order valence-electron chi connectivity index (χ0n) is 15.0. The molecular weight excluding hydrogens is 314 g/mol. The molecule has 2 rings (SSSR count). The smallest absolute Gasteiger partial charge is 0.407 e. The highest BCUT2D eigenvalue weighted by atomic mass is 16.5. The summed E-state index contributed by atoms with van der Waals surface area (Å²) >= 11 is 0. The molecule has 1 amide bonds. The molecule has 2 aromatic rings. The van der Waals surface area contributed by atoms with Crippen LogP contribution in [0.3, 0.4) is 0 Å². The van der Waals surface area contributed by atoms with Crippen molar-refractivity contribution in [2.75, 3.05) is 0 Å². The van der Waals surface area contributed by atoms with Gasteiger partial charge in [0.05, 0.1) is 6.04 Å². The number of amides is 1. The Morgan fingerprint density at radius 1 is 0.960 bits per heavy atom. The van der Waals surface area contributed by atoms with E-state index in [-0.39, 0.29) is 18.8 Å². The van der Waals surface area contributed by atoms with Gasteiger partial charge in [0.25, 0.3) is 0 Å². The molecule has 132 valence electrons. The molecular formula is C21H25NO3. The van der Waals surface area contributed by atoms with Gasteiger partial charge in [0.1, 0.15) is 12.4 Å². The van der Waals surface area contributed by atoms with Gasteiger partial charge in [-0.15, -0.1) is 0 Å². The van der Waals surface area contributed by atoms with E-state index >= 15 is 0 Å². The van der Waals surface area contributed by atoms with E-state index in [1.807, 2.05) is 81.4 Å². The molecule has 4 nitrogen and oxygen atoms in total. The van der Waals surface area contributed by atoms with E-state index in [4.69, 9.17) is 4.74 Å². The minimum atomic E-state index is -0.528. The number of ketones is 1. The first-order valence-corrected chi connectivity index (χ1v) is 8.42. The second kappa shape index (κ2) is 8.47. The Morgan fingerprint density at radius 3 is 2.08 bits per heavy atom. The summed E-state index contributed by atoms with van der Waals surface area (Å²) in [6.07, 6.45) is -0.298. The molecule has 4 heteroatoms. The first-order chi connectivity index (χ1) is 11.9. The van der Waals surface area contributed by atoms with Crippen LogP contribution in [-0.4, -0.2) is 11.9 Å². The molecule has 0 aliphatic rings. The Labute approximate surface area is 149 Å². The first kappa shape index (κ1) is 18.7. The van der Waals surface area contributed by atoms with Gasteiger partial charge >= 0.3 is 6.09 Å². The number of hydrogen-bond acceptors (Lipinski definition) is 3. The van der Waals surface area contributed by atoms with Gasteiger partial charge in [-0.2, -0.15) is 0 Å². The van der Waals surface area contributed by atoms with Gasteiger partial charge in [-0.1, -0.05) is 81.4 Å². The first-order valence-electron chi connectivity index (χ1n) is 8.42. The molecule has 0 saturated carbocycles. The summed E-state index contributed by atoms with van der Waals surface area (Å²) in [5.74, 6) is 0.0877. The quantitative estimate of drug-likeness (QED) is 0.833. The molecule has 0 bridgehead atoms. The van der Waals surface area contributed by atoms with Crippen molar-refractivity contribution in [3.8, 4) is 0 Å². The number of nitrogens with one attached hydrogen (secondary N) is 1. The highest BCUT2D eigenvalue weighted by molar-refractivity contribution is 5.84. The fraction of sp³-hybridized carbons (Fsp3) is 0.333. The number of alkyl carbamates (subject to hydrolysis) is 1. The van der Waals surface area contributed by atoms with E-state index in [0.29, 0.717) is 0 Å². The summed E-state index contributed by atoms with van der Waals surface area (Å²) < 4.78 is 5.29. The average Bonchev–Trinajstić information content (AvgIpc) is 2.60. The van der Waals surface area contributed by atoms with E-state index in [9.17, 15) is 9.59 Å². The second-order valence-corrected chi connectivity index (χ2v) is 7.05. The van der Waals surface area contributed by atoms with Crippen molar-refractivity contribution in [1.82, 2.24) is 5.32 Å². The van der Waals surface area contributed by atoms with E-state index in [0.717, 1.165) is 11.1 Å². The van der Waals surface area contributed by atoms with Gasteiger partial charge in [-0.25, -0.2) is 4.79 Å². The van der Waals surface area contributed by atoms with Crippen molar-refractivity contribution in [2.45, 2.75) is 39.8 Å². The lowest BCUT2D eigenvalue weighted by molar-refractivity contribution is -0.126. The van der Waals surface area contributed by atoms with Crippen molar-refractivity contribution in [2.24, 2.45) is 5.41 Å². The van der Waals surface area contributed by atoms with E-state index in [1.54, 1.807) is 0 Å². The van der Waals surface area contributed by atoms with Crippen LogP contribution in [0.5, 0.6) is 0 Å². The largest absolute Gasteiger partial charge is 0.445 e. The molecule has 25 heavy (non-hydrogen) atoms. The molecule has 1 atom stereocenters. The van der Waals surface area contributed by atoms with Crippen LogP contribution in [0, 0.1) is 5.41 Å². The van der Waals surface area contributed by atoms with Crippen LogP contribution in [0.4, 0.5) is 4.79 Å². The van der Waals surface area contributed by atoms with E-state index in [1.165, 1.54) is 0 Å². The van der Waals surface area contributed by atoms with Crippen molar-refractivity contribution >= 4 is 11.9 Å². The maximum absolute atomic E-state index is 12.4. The third-order valence-corrected chi connectivity index (χ3v) is 3.93. The summed E-state index contributed by atoms with van der Waals surface area (Å²) in [6.45, 7) is 5.84. The van der Waals surface area contributed by atoms with Crippen LogP contribution >= 0.6 is 0 Å². The van der Waals surface area contributed by atoms with Crippen LogP contribution in [0.1, 0.15) is 44.4 Å². The molecule has 0 saturated heterocycles. The molecule has 0 spiro atoms. The zero-order valence-corrected chi connectivity index (χ0v) is 15.0. The van der Waals surface area contributed by atoms with Crippen molar-refractivity contribution in [3.63, 3.8) is 0 Å². The SMILES string of the molecule is CC(C)(C)C(=O)C[C@@H](NC(=O)OCc1ccccc1)c1ccccc1. The normalized spacial score (nSPS) is 12.3. The summed E-state index contributed by atoms with van der Waals surface area (Å²) in [5.41, 5.74) is 1.35. The Hall–Kier alpha value is -2.62. The third-order valence-electron chi connectivity index (χ3n) is 3.93. The number of carbonyl (C=O) groups is 2. The maximum Gasteiger partial charge on any atom is 0.407 e. The van der Waals surface area contributed by atoms with Crippen LogP contribution in [0.15, 0.2) is 60.7 Å². The molecule has 0 radical (unpaired) electrons. The standard InChI is InChI=1S/C21H25NO3/c1-21(2,3)19(23)14-18(17-12-8-5-9-13-17)22-20(24)25-15-16-10-6-4-7-11-16/h4-13,18H,14-15H2,1-3H3,(H,22,24)/t18-/m1/s1. The average molecular weight is 339 g/mol. The van der Waals surface area contributed by atoms with Crippen LogP contribution in [-0.2, 0) is 16.1 Å². The fourth-order valence-electron chi connectivity index (χ4n) is 2.34. The number of benzene rings is 2. The van der Waals surface area contributed by atoms with Crippen molar-refractivity contribution in [3.05, 3.63) is 71.8 Å². The van der Waals surface area contributed by atoms with Crippen molar-refractivity contribution in [1.29, 1.82) is 0 Å². The number of ether oxygens (including phenoxy) is 1.